The van der Waals surface area contributed by atoms with Crippen LogP contribution in [0.25, 0.3) is 33.6 Å². The van der Waals surface area contributed by atoms with Crippen LogP contribution in [-0.2, 0) is 21.1 Å². The normalized spacial score (nSPS) is 13.7. The van der Waals surface area contributed by atoms with Crippen molar-refractivity contribution >= 4 is 0 Å². The third-order valence-corrected chi connectivity index (χ3v) is 5.82. The molecule has 154 valence electrons. The Morgan fingerprint density at radius 2 is 1.50 bits per heavy atom. The second-order valence-electron chi connectivity index (χ2n) is 7.66. The molecule has 5 aromatic rings. The number of hydrogen-bond donors (Lipinski definition) is 0. The molecule has 2 nitrogen and oxygen atoms in total. The zero-order valence-corrected chi connectivity index (χ0v) is 19.4. The molecule has 3 aromatic carbocycles. The van der Waals surface area contributed by atoms with Crippen LogP contribution >= 0.6 is 0 Å². The van der Waals surface area contributed by atoms with Gasteiger partial charge in [0.2, 0.25) is 0 Å². The minimum absolute atomic E-state index is 0. The fraction of sp³-hybridized carbons (Fsp3) is 0.0345. The molecule has 1 aliphatic carbocycles. The van der Waals surface area contributed by atoms with Crippen LogP contribution in [0, 0.1) is 12.1 Å². The molecule has 0 N–H and O–H groups in total. The number of nitrogens with zero attached hydrogens (tertiary/aromatic N) is 2. The SMILES string of the molecule is [Pt+2].[c-]1ccccc1-c1[c-]c2c(cc1)-c1ccccc1C2c1cccc(-c2ccccn2)n1. The van der Waals surface area contributed by atoms with Gasteiger partial charge in [-0.15, -0.1) is 17.7 Å². The maximum atomic E-state index is 5.03. The van der Waals surface area contributed by atoms with E-state index in [1.807, 2.05) is 42.5 Å². The zero-order chi connectivity index (χ0) is 20.6. The number of fused-ring (bicyclic) bond motifs is 3. The first-order chi connectivity index (χ1) is 15.4. The van der Waals surface area contributed by atoms with Crippen molar-refractivity contribution in [3.05, 3.63) is 132 Å². The number of benzene rings is 3. The van der Waals surface area contributed by atoms with Gasteiger partial charge in [0, 0.05) is 12.1 Å². The smallest absolute Gasteiger partial charge is 0.255 e. The van der Waals surface area contributed by atoms with Gasteiger partial charge < -0.3 is 0 Å². The van der Waals surface area contributed by atoms with E-state index in [2.05, 4.69) is 71.7 Å². The summed E-state index contributed by atoms with van der Waals surface area (Å²) in [5.74, 6) is 0.0403. The number of pyridine rings is 2. The Hall–Kier alpha value is -3.35. The first-order valence-corrected chi connectivity index (χ1v) is 10.4. The Labute approximate surface area is 202 Å². The van der Waals surface area contributed by atoms with Gasteiger partial charge in [0.25, 0.3) is 0 Å². The minimum atomic E-state index is 0. The number of hydrogen-bond acceptors (Lipinski definition) is 2. The molecule has 1 aliphatic rings. The molecule has 0 bridgehead atoms. The molecule has 0 aliphatic heterocycles. The summed E-state index contributed by atoms with van der Waals surface area (Å²) in [7, 11) is 0. The standard InChI is InChI=1S/C29H18N2.Pt/c1-2-9-20(10-3-1)21-16-17-23-22-11-4-5-12-24(22)29(25(23)19-21)28-15-8-14-27(31-28)26-13-6-7-18-30-26;/h1-9,11-18,29H;/q-2;+2. The van der Waals surface area contributed by atoms with Crippen LogP contribution in [-0.4, -0.2) is 9.97 Å². The van der Waals surface area contributed by atoms with E-state index >= 15 is 0 Å². The van der Waals surface area contributed by atoms with Gasteiger partial charge in [-0.05, 0) is 29.8 Å². The molecule has 1 unspecified atom stereocenters. The number of aromatic nitrogens is 2. The average Bonchev–Trinajstić information content (AvgIpc) is 3.19. The van der Waals surface area contributed by atoms with Crippen molar-refractivity contribution in [2.24, 2.45) is 0 Å². The Morgan fingerprint density at radius 3 is 2.34 bits per heavy atom. The van der Waals surface area contributed by atoms with E-state index < -0.39 is 0 Å². The second-order valence-corrected chi connectivity index (χ2v) is 7.66. The Kier molecular flexibility index (Phi) is 5.55. The average molecular weight is 590 g/mol. The molecule has 6 rings (SSSR count). The van der Waals surface area contributed by atoms with Crippen LogP contribution in [0.2, 0.25) is 0 Å². The molecule has 0 saturated carbocycles. The number of rotatable bonds is 3. The van der Waals surface area contributed by atoms with Gasteiger partial charge in [0.05, 0.1) is 17.1 Å². The fourth-order valence-corrected chi connectivity index (χ4v) is 4.42. The topological polar surface area (TPSA) is 25.8 Å². The molecule has 3 heteroatoms. The first-order valence-electron chi connectivity index (χ1n) is 10.4. The second kappa shape index (κ2) is 8.65. The molecule has 32 heavy (non-hydrogen) atoms. The summed E-state index contributed by atoms with van der Waals surface area (Å²) >= 11 is 0. The van der Waals surface area contributed by atoms with Crippen LogP contribution in [0.1, 0.15) is 22.7 Å². The molecule has 0 radical (unpaired) electrons. The van der Waals surface area contributed by atoms with E-state index in [1.54, 1.807) is 6.20 Å². The van der Waals surface area contributed by atoms with Crippen molar-refractivity contribution in [3.8, 4) is 33.6 Å². The van der Waals surface area contributed by atoms with Gasteiger partial charge in [0.1, 0.15) is 0 Å². The van der Waals surface area contributed by atoms with Crippen molar-refractivity contribution in [1.29, 1.82) is 0 Å². The molecular formula is C29H18N2Pt. The van der Waals surface area contributed by atoms with E-state index in [1.165, 1.54) is 22.3 Å². The van der Waals surface area contributed by atoms with Crippen molar-refractivity contribution in [1.82, 2.24) is 9.97 Å². The van der Waals surface area contributed by atoms with Crippen LogP contribution in [0.15, 0.2) is 103 Å². The largest absolute Gasteiger partial charge is 2.00 e. The predicted octanol–water partition coefficient (Wildman–Crippen LogP) is 6.57. The molecule has 0 amide bonds. The van der Waals surface area contributed by atoms with E-state index in [4.69, 9.17) is 4.98 Å². The summed E-state index contributed by atoms with van der Waals surface area (Å²) in [6.45, 7) is 0. The molecule has 1 atom stereocenters. The van der Waals surface area contributed by atoms with Gasteiger partial charge in [-0.25, -0.2) is 11.1 Å². The van der Waals surface area contributed by atoms with E-state index in [9.17, 15) is 0 Å². The quantitative estimate of drug-likeness (QED) is 0.218. The van der Waals surface area contributed by atoms with Gasteiger partial charge >= 0.3 is 21.1 Å². The maximum absolute atomic E-state index is 5.03. The molecule has 2 aromatic heterocycles. The first kappa shape index (κ1) is 20.5. The van der Waals surface area contributed by atoms with E-state index in [-0.39, 0.29) is 27.0 Å². The molecule has 2 heterocycles. The Balaban J connectivity index is 0.00000216. The molecule has 0 saturated heterocycles. The predicted molar refractivity (Wildman–Crippen MR) is 123 cm³/mol. The molecule has 0 fully saturated rings. The van der Waals surface area contributed by atoms with Gasteiger partial charge in [-0.2, -0.15) is 36.4 Å². The molecule has 0 spiro atoms. The van der Waals surface area contributed by atoms with Crippen LogP contribution in [0.4, 0.5) is 0 Å². The van der Waals surface area contributed by atoms with Crippen molar-refractivity contribution < 1.29 is 21.1 Å². The molecular weight excluding hydrogens is 571 g/mol. The van der Waals surface area contributed by atoms with Crippen molar-refractivity contribution in [3.63, 3.8) is 0 Å². The van der Waals surface area contributed by atoms with Gasteiger partial charge in [-0.1, -0.05) is 47.5 Å². The van der Waals surface area contributed by atoms with Crippen LogP contribution < -0.4 is 0 Å². The maximum Gasteiger partial charge on any atom is 2.00 e. The van der Waals surface area contributed by atoms with Crippen LogP contribution in [0.3, 0.4) is 0 Å². The summed E-state index contributed by atoms with van der Waals surface area (Å²) < 4.78 is 0. The van der Waals surface area contributed by atoms with Crippen LogP contribution in [0.5, 0.6) is 0 Å². The van der Waals surface area contributed by atoms with E-state index in [0.717, 1.165) is 28.2 Å². The third kappa shape index (κ3) is 3.51. The summed E-state index contributed by atoms with van der Waals surface area (Å²) in [5.41, 5.74) is 9.81. The van der Waals surface area contributed by atoms with E-state index in [0.29, 0.717) is 0 Å². The zero-order valence-electron chi connectivity index (χ0n) is 17.1. The Bertz CT molecular complexity index is 1380. The van der Waals surface area contributed by atoms with Crippen molar-refractivity contribution in [2.45, 2.75) is 5.92 Å². The monoisotopic (exact) mass is 589 g/mol. The van der Waals surface area contributed by atoms with Gasteiger partial charge in [-0.3, -0.25) is 9.97 Å². The van der Waals surface area contributed by atoms with Gasteiger partial charge in [0.15, 0.2) is 0 Å². The summed E-state index contributed by atoms with van der Waals surface area (Å²) in [6, 6.07) is 40.2. The summed E-state index contributed by atoms with van der Waals surface area (Å²) in [4.78, 5) is 9.52. The summed E-state index contributed by atoms with van der Waals surface area (Å²) in [5, 5.41) is 0. The fourth-order valence-electron chi connectivity index (χ4n) is 4.42. The third-order valence-electron chi connectivity index (χ3n) is 5.82. The summed E-state index contributed by atoms with van der Waals surface area (Å²) in [6.07, 6.45) is 1.81. The Morgan fingerprint density at radius 1 is 0.656 bits per heavy atom. The minimum Gasteiger partial charge on any atom is -0.255 e. The van der Waals surface area contributed by atoms with Crippen molar-refractivity contribution in [2.75, 3.05) is 0 Å².